The molecule has 1 aromatic heterocycles. The minimum Gasteiger partial charge on any atom is -0.354 e. The zero-order chi connectivity index (χ0) is 16.2. The summed E-state index contributed by atoms with van der Waals surface area (Å²) in [6.45, 7) is 3.28. The third-order valence-corrected chi connectivity index (χ3v) is 6.19. The summed E-state index contributed by atoms with van der Waals surface area (Å²) in [6.07, 6.45) is 5.66. The van der Waals surface area contributed by atoms with Crippen molar-refractivity contribution < 1.29 is 0 Å². The van der Waals surface area contributed by atoms with Crippen molar-refractivity contribution in [3.63, 3.8) is 0 Å². The Labute approximate surface area is 144 Å². The van der Waals surface area contributed by atoms with E-state index >= 15 is 0 Å². The SMILES string of the molecule is CN=C(NCC(c1ccsc1)N(C)C)N1CC2CCCCC2C1. The molecule has 0 amide bonds. The molecule has 3 rings (SSSR count). The van der Waals surface area contributed by atoms with Crippen LogP contribution in [0.25, 0.3) is 0 Å². The molecule has 0 radical (unpaired) electrons. The van der Waals surface area contributed by atoms with E-state index in [0.29, 0.717) is 6.04 Å². The van der Waals surface area contributed by atoms with Gasteiger partial charge in [0.25, 0.3) is 0 Å². The van der Waals surface area contributed by atoms with Crippen LogP contribution in [0.2, 0.25) is 0 Å². The molecule has 1 saturated carbocycles. The van der Waals surface area contributed by atoms with Crippen LogP contribution < -0.4 is 5.32 Å². The zero-order valence-electron chi connectivity index (χ0n) is 14.7. The van der Waals surface area contributed by atoms with Crippen LogP contribution in [-0.4, -0.2) is 56.5 Å². The highest BCUT2D eigenvalue weighted by Gasteiger charge is 2.35. The number of hydrogen-bond acceptors (Lipinski definition) is 3. The van der Waals surface area contributed by atoms with Crippen LogP contribution >= 0.6 is 11.3 Å². The Kier molecular flexibility index (Phi) is 5.59. The average molecular weight is 335 g/mol. The Morgan fingerprint density at radius 3 is 2.57 bits per heavy atom. The predicted octanol–water partition coefficient (Wildman–Crippen LogP) is 3.05. The van der Waals surface area contributed by atoms with Crippen molar-refractivity contribution in [2.75, 3.05) is 40.8 Å². The number of hydrogen-bond donors (Lipinski definition) is 1. The molecule has 3 atom stereocenters. The van der Waals surface area contributed by atoms with Gasteiger partial charge in [0, 0.05) is 26.7 Å². The number of likely N-dealkylation sites (tertiary alicyclic amines) is 1. The molecule has 2 aliphatic rings. The van der Waals surface area contributed by atoms with Gasteiger partial charge in [0.2, 0.25) is 0 Å². The summed E-state index contributed by atoms with van der Waals surface area (Å²) in [7, 11) is 6.22. The maximum atomic E-state index is 4.56. The van der Waals surface area contributed by atoms with Gasteiger partial charge < -0.3 is 15.1 Å². The van der Waals surface area contributed by atoms with Gasteiger partial charge in [-0.05, 0) is 61.2 Å². The van der Waals surface area contributed by atoms with E-state index in [-0.39, 0.29) is 0 Å². The van der Waals surface area contributed by atoms with Crippen molar-refractivity contribution in [1.29, 1.82) is 0 Å². The first-order valence-electron chi connectivity index (χ1n) is 8.83. The number of aliphatic imine (C=N–C) groups is 1. The minimum absolute atomic E-state index is 0.392. The first-order chi connectivity index (χ1) is 11.2. The van der Waals surface area contributed by atoms with Gasteiger partial charge in [-0.1, -0.05) is 12.8 Å². The van der Waals surface area contributed by atoms with Gasteiger partial charge in [-0.2, -0.15) is 11.3 Å². The maximum absolute atomic E-state index is 4.56. The summed E-state index contributed by atoms with van der Waals surface area (Å²) in [6, 6.07) is 2.62. The van der Waals surface area contributed by atoms with Gasteiger partial charge in [0.05, 0.1) is 6.04 Å². The number of rotatable bonds is 4. The van der Waals surface area contributed by atoms with Crippen molar-refractivity contribution in [3.8, 4) is 0 Å². The first-order valence-corrected chi connectivity index (χ1v) is 9.77. The van der Waals surface area contributed by atoms with E-state index in [9.17, 15) is 0 Å². The van der Waals surface area contributed by atoms with Gasteiger partial charge in [-0.3, -0.25) is 4.99 Å². The van der Waals surface area contributed by atoms with E-state index in [4.69, 9.17) is 0 Å². The average Bonchev–Trinajstić information content (AvgIpc) is 3.20. The molecule has 1 aromatic rings. The van der Waals surface area contributed by atoms with Gasteiger partial charge >= 0.3 is 0 Å². The summed E-state index contributed by atoms with van der Waals surface area (Å²) < 4.78 is 0. The topological polar surface area (TPSA) is 30.9 Å². The second-order valence-electron chi connectivity index (χ2n) is 7.17. The summed E-state index contributed by atoms with van der Waals surface area (Å²) in [4.78, 5) is 9.33. The molecule has 1 N–H and O–H groups in total. The van der Waals surface area contributed by atoms with Crippen molar-refractivity contribution >= 4 is 17.3 Å². The smallest absolute Gasteiger partial charge is 0.193 e. The lowest BCUT2D eigenvalue weighted by molar-refractivity contribution is 0.296. The lowest BCUT2D eigenvalue weighted by Gasteiger charge is -2.27. The third kappa shape index (κ3) is 3.89. The highest BCUT2D eigenvalue weighted by molar-refractivity contribution is 7.07. The Balaban J connectivity index is 1.59. The van der Waals surface area contributed by atoms with E-state index in [2.05, 4.69) is 51.0 Å². The Morgan fingerprint density at radius 1 is 1.35 bits per heavy atom. The molecule has 128 valence electrons. The molecule has 2 fully saturated rings. The fourth-order valence-electron chi connectivity index (χ4n) is 4.16. The number of guanidine groups is 1. The number of likely N-dealkylation sites (N-methyl/N-ethyl adjacent to an activating group) is 1. The number of nitrogens with one attached hydrogen (secondary N) is 1. The number of thiophene rings is 1. The molecule has 2 heterocycles. The van der Waals surface area contributed by atoms with Crippen LogP contribution in [0.5, 0.6) is 0 Å². The van der Waals surface area contributed by atoms with Gasteiger partial charge in [0.15, 0.2) is 5.96 Å². The van der Waals surface area contributed by atoms with Gasteiger partial charge in [0.1, 0.15) is 0 Å². The highest BCUT2D eigenvalue weighted by Crippen LogP contribution is 2.36. The Morgan fingerprint density at radius 2 is 2.04 bits per heavy atom. The van der Waals surface area contributed by atoms with Crippen molar-refractivity contribution in [1.82, 2.24) is 15.1 Å². The van der Waals surface area contributed by atoms with Gasteiger partial charge in [-0.25, -0.2) is 0 Å². The second-order valence-corrected chi connectivity index (χ2v) is 7.95. The standard InChI is InChI=1S/C18H30N4S/c1-19-18(22-11-14-6-4-5-7-15(14)12-22)20-10-17(21(2)3)16-8-9-23-13-16/h8-9,13-15,17H,4-7,10-12H2,1-3H3,(H,19,20). The van der Waals surface area contributed by atoms with Crippen LogP contribution in [-0.2, 0) is 0 Å². The molecule has 0 spiro atoms. The molecule has 4 nitrogen and oxygen atoms in total. The summed E-state index contributed by atoms with van der Waals surface area (Å²) >= 11 is 1.77. The molecule has 3 unspecified atom stereocenters. The third-order valence-electron chi connectivity index (χ3n) is 5.49. The Bertz CT molecular complexity index is 497. The molecule has 1 saturated heterocycles. The summed E-state index contributed by atoms with van der Waals surface area (Å²) in [5, 5.41) is 8.04. The van der Waals surface area contributed by atoms with Crippen molar-refractivity contribution in [3.05, 3.63) is 22.4 Å². The highest BCUT2D eigenvalue weighted by atomic mass is 32.1. The van der Waals surface area contributed by atoms with Crippen LogP contribution in [0.3, 0.4) is 0 Å². The Hall–Kier alpha value is -1.07. The quantitative estimate of drug-likeness (QED) is 0.678. The zero-order valence-corrected chi connectivity index (χ0v) is 15.5. The van der Waals surface area contributed by atoms with E-state index in [1.807, 2.05) is 7.05 Å². The normalized spacial score (nSPS) is 26.4. The molecular weight excluding hydrogens is 304 g/mol. The lowest BCUT2D eigenvalue weighted by Crippen LogP contribution is -2.43. The van der Waals surface area contributed by atoms with E-state index < -0.39 is 0 Å². The van der Waals surface area contributed by atoms with E-state index in [1.54, 1.807) is 11.3 Å². The number of fused-ring (bicyclic) bond motifs is 1. The molecule has 1 aliphatic heterocycles. The first kappa shape index (κ1) is 16.8. The van der Waals surface area contributed by atoms with Crippen LogP contribution in [0.4, 0.5) is 0 Å². The molecule has 5 heteroatoms. The van der Waals surface area contributed by atoms with Crippen molar-refractivity contribution in [2.24, 2.45) is 16.8 Å². The fourth-order valence-corrected chi connectivity index (χ4v) is 4.87. The lowest BCUT2D eigenvalue weighted by atomic mass is 9.82. The maximum Gasteiger partial charge on any atom is 0.193 e. The van der Waals surface area contributed by atoms with E-state index in [0.717, 1.165) is 24.3 Å². The van der Waals surface area contributed by atoms with Crippen LogP contribution in [0.15, 0.2) is 21.8 Å². The molecule has 0 bridgehead atoms. The minimum atomic E-state index is 0.392. The summed E-state index contributed by atoms with van der Waals surface area (Å²) in [5.74, 6) is 2.87. The molecular formula is C18H30N4S. The molecule has 23 heavy (non-hydrogen) atoms. The van der Waals surface area contributed by atoms with Crippen molar-refractivity contribution in [2.45, 2.75) is 31.7 Å². The fraction of sp³-hybridized carbons (Fsp3) is 0.722. The van der Waals surface area contributed by atoms with Crippen LogP contribution in [0.1, 0.15) is 37.3 Å². The number of nitrogens with zero attached hydrogens (tertiary/aromatic N) is 3. The predicted molar refractivity (Wildman–Crippen MR) is 99.1 cm³/mol. The second kappa shape index (κ2) is 7.67. The molecule has 1 aliphatic carbocycles. The largest absolute Gasteiger partial charge is 0.354 e. The van der Waals surface area contributed by atoms with E-state index in [1.165, 1.54) is 44.3 Å². The monoisotopic (exact) mass is 334 g/mol. The van der Waals surface area contributed by atoms with Crippen LogP contribution in [0, 0.1) is 11.8 Å². The van der Waals surface area contributed by atoms with Gasteiger partial charge in [-0.15, -0.1) is 0 Å². The molecule has 0 aromatic carbocycles. The summed E-state index contributed by atoms with van der Waals surface area (Å²) in [5.41, 5.74) is 1.39.